The van der Waals surface area contributed by atoms with Gasteiger partial charge >= 0.3 is 0 Å². The van der Waals surface area contributed by atoms with Crippen LogP contribution in [-0.2, 0) is 0 Å². The smallest absolute Gasteiger partial charge is 0.252 e. The summed E-state index contributed by atoms with van der Waals surface area (Å²) in [5.74, 6) is 0.936. The number of carbonyl (C=O) groups excluding carboxylic acids is 1. The van der Waals surface area contributed by atoms with Gasteiger partial charge in [-0.25, -0.2) is 4.98 Å². The van der Waals surface area contributed by atoms with E-state index in [1.165, 1.54) is 11.1 Å². The normalized spacial score (nSPS) is 10.3. The van der Waals surface area contributed by atoms with Crippen molar-refractivity contribution >= 4 is 11.7 Å². The lowest BCUT2D eigenvalue weighted by Crippen LogP contribution is -2.27. The van der Waals surface area contributed by atoms with E-state index in [4.69, 9.17) is 10.5 Å². The lowest BCUT2D eigenvalue weighted by atomic mass is 10.1. The van der Waals surface area contributed by atoms with Crippen LogP contribution in [0.3, 0.4) is 0 Å². The van der Waals surface area contributed by atoms with Crippen LogP contribution in [-0.4, -0.2) is 31.1 Å². The molecule has 0 fully saturated rings. The van der Waals surface area contributed by atoms with Gasteiger partial charge in [-0.15, -0.1) is 0 Å². The Labute approximate surface area is 130 Å². The SMILES string of the molecule is Cc1cc(C)cc(OCCN(C)c2ncccc2C(N)=O)c1. The predicted octanol–water partition coefficient (Wildman–Crippen LogP) is 2.31. The number of nitrogens with zero attached hydrogens (tertiary/aromatic N) is 2. The average Bonchev–Trinajstić information content (AvgIpc) is 2.46. The van der Waals surface area contributed by atoms with Crippen LogP contribution in [0, 0.1) is 13.8 Å². The fraction of sp³-hybridized carbons (Fsp3) is 0.294. The van der Waals surface area contributed by atoms with E-state index in [1.807, 2.05) is 37.9 Å². The third-order valence-corrected chi connectivity index (χ3v) is 3.30. The third-order valence-electron chi connectivity index (χ3n) is 3.30. The molecule has 0 atom stereocenters. The number of ether oxygens (including phenoxy) is 1. The van der Waals surface area contributed by atoms with Crippen LogP contribution in [0.15, 0.2) is 36.5 Å². The molecule has 116 valence electrons. The highest BCUT2D eigenvalue weighted by atomic mass is 16.5. The standard InChI is InChI=1S/C17H21N3O2/c1-12-9-13(2)11-14(10-12)22-8-7-20(3)17-15(16(18)21)5-4-6-19-17/h4-6,9-11H,7-8H2,1-3H3,(H2,18,21). The second-order valence-corrected chi connectivity index (χ2v) is 5.33. The number of amides is 1. The Morgan fingerprint density at radius 2 is 1.95 bits per heavy atom. The molecule has 1 aromatic heterocycles. The highest BCUT2D eigenvalue weighted by Crippen LogP contribution is 2.17. The van der Waals surface area contributed by atoms with Crippen LogP contribution < -0.4 is 15.4 Å². The lowest BCUT2D eigenvalue weighted by molar-refractivity contribution is 0.100. The summed E-state index contributed by atoms with van der Waals surface area (Å²) in [7, 11) is 1.86. The van der Waals surface area contributed by atoms with Crippen LogP contribution in [0.1, 0.15) is 21.5 Å². The van der Waals surface area contributed by atoms with Gasteiger partial charge in [0.05, 0.1) is 12.1 Å². The molecular formula is C17H21N3O2. The molecule has 0 aliphatic carbocycles. The van der Waals surface area contributed by atoms with Crippen molar-refractivity contribution in [3.63, 3.8) is 0 Å². The third kappa shape index (κ3) is 3.97. The van der Waals surface area contributed by atoms with E-state index in [2.05, 4.69) is 11.1 Å². The summed E-state index contributed by atoms with van der Waals surface area (Å²) < 4.78 is 5.77. The van der Waals surface area contributed by atoms with Gasteiger partial charge in [-0.1, -0.05) is 6.07 Å². The van der Waals surface area contributed by atoms with Gasteiger partial charge in [-0.3, -0.25) is 4.79 Å². The number of nitrogens with two attached hydrogens (primary N) is 1. The Morgan fingerprint density at radius 1 is 1.27 bits per heavy atom. The number of hydrogen-bond acceptors (Lipinski definition) is 4. The van der Waals surface area contributed by atoms with E-state index < -0.39 is 5.91 Å². The molecule has 2 N–H and O–H groups in total. The monoisotopic (exact) mass is 299 g/mol. The maximum Gasteiger partial charge on any atom is 0.252 e. The molecular weight excluding hydrogens is 278 g/mol. The Balaban J connectivity index is 1.98. The fourth-order valence-electron chi connectivity index (χ4n) is 2.32. The zero-order valence-electron chi connectivity index (χ0n) is 13.2. The second kappa shape index (κ2) is 6.93. The van der Waals surface area contributed by atoms with Gasteiger partial charge in [-0.05, 0) is 49.2 Å². The van der Waals surface area contributed by atoms with Crippen LogP contribution >= 0.6 is 0 Å². The minimum Gasteiger partial charge on any atom is -0.492 e. The largest absolute Gasteiger partial charge is 0.492 e. The van der Waals surface area contributed by atoms with Crippen molar-refractivity contribution in [1.82, 2.24) is 4.98 Å². The first kappa shape index (κ1) is 15.8. The zero-order valence-corrected chi connectivity index (χ0v) is 13.2. The first-order valence-corrected chi connectivity index (χ1v) is 7.14. The maximum atomic E-state index is 11.4. The Morgan fingerprint density at radius 3 is 2.59 bits per heavy atom. The van der Waals surface area contributed by atoms with Crippen LogP contribution in [0.5, 0.6) is 5.75 Å². The Hall–Kier alpha value is -2.56. The van der Waals surface area contributed by atoms with Crippen LogP contribution in [0.25, 0.3) is 0 Å². The minimum absolute atomic E-state index is 0.413. The van der Waals surface area contributed by atoms with Gasteiger partial charge < -0.3 is 15.4 Å². The molecule has 0 bridgehead atoms. The highest BCUT2D eigenvalue weighted by Gasteiger charge is 2.12. The molecule has 22 heavy (non-hydrogen) atoms. The molecule has 2 aromatic rings. The zero-order chi connectivity index (χ0) is 16.1. The van der Waals surface area contributed by atoms with Crippen LogP contribution in [0.4, 0.5) is 5.82 Å². The molecule has 0 saturated carbocycles. The molecule has 0 radical (unpaired) electrons. The molecule has 0 saturated heterocycles. The van der Waals surface area contributed by atoms with E-state index >= 15 is 0 Å². The summed E-state index contributed by atoms with van der Waals surface area (Å²) in [5, 5.41) is 0. The molecule has 0 unspecified atom stereocenters. The van der Waals surface area contributed by atoms with Crippen molar-refractivity contribution in [3.8, 4) is 5.75 Å². The maximum absolute atomic E-state index is 11.4. The van der Waals surface area contributed by atoms with Crippen molar-refractivity contribution in [2.45, 2.75) is 13.8 Å². The molecule has 0 aliphatic heterocycles. The quantitative estimate of drug-likeness (QED) is 0.888. The van der Waals surface area contributed by atoms with Gasteiger partial charge in [-0.2, -0.15) is 0 Å². The molecule has 0 spiro atoms. The fourth-order valence-corrected chi connectivity index (χ4v) is 2.32. The summed E-state index contributed by atoms with van der Waals surface area (Å²) in [5.41, 5.74) is 8.12. The van der Waals surface area contributed by atoms with Gasteiger partial charge in [0.25, 0.3) is 5.91 Å². The lowest BCUT2D eigenvalue weighted by Gasteiger charge is -2.20. The summed E-state index contributed by atoms with van der Waals surface area (Å²) in [6.07, 6.45) is 1.64. The number of aryl methyl sites for hydroxylation is 2. The van der Waals surface area contributed by atoms with Crippen molar-refractivity contribution < 1.29 is 9.53 Å². The Bertz CT molecular complexity index is 650. The summed E-state index contributed by atoms with van der Waals surface area (Å²) >= 11 is 0. The molecule has 5 heteroatoms. The topological polar surface area (TPSA) is 68.4 Å². The summed E-state index contributed by atoms with van der Waals surface area (Å²) in [6.45, 7) is 5.18. The summed E-state index contributed by atoms with van der Waals surface area (Å²) in [4.78, 5) is 17.5. The van der Waals surface area contributed by atoms with E-state index in [0.29, 0.717) is 24.5 Å². The number of benzene rings is 1. The number of rotatable bonds is 6. The predicted molar refractivity (Wildman–Crippen MR) is 87.4 cm³/mol. The van der Waals surface area contributed by atoms with Gasteiger partial charge in [0, 0.05) is 13.2 Å². The number of pyridine rings is 1. The number of anilines is 1. The molecule has 1 amide bonds. The van der Waals surface area contributed by atoms with E-state index in [0.717, 1.165) is 5.75 Å². The molecule has 1 aromatic carbocycles. The van der Waals surface area contributed by atoms with E-state index in [-0.39, 0.29) is 0 Å². The number of carbonyl (C=O) groups is 1. The number of hydrogen-bond donors (Lipinski definition) is 1. The van der Waals surface area contributed by atoms with Crippen molar-refractivity contribution in [1.29, 1.82) is 0 Å². The van der Waals surface area contributed by atoms with Crippen molar-refractivity contribution in [2.24, 2.45) is 5.73 Å². The minimum atomic E-state index is -0.481. The Kier molecular flexibility index (Phi) is 4.99. The molecule has 5 nitrogen and oxygen atoms in total. The van der Waals surface area contributed by atoms with E-state index in [9.17, 15) is 4.79 Å². The number of primary amides is 1. The first-order chi connectivity index (χ1) is 10.5. The van der Waals surface area contributed by atoms with Gasteiger partial charge in [0.1, 0.15) is 18.2 Å². The van der Waals surface area contributed by atoms with Gasteiger partial charge in [0.2, 0.25) is 0 Å². The number of likely N-dealkylation sites (N-methyl/N-ethyl adjacent to an activating group) is 1. The number of aromatic nitrogens is 1. The van der Waals surface area contributed by atoms with Crippen molar-refractivity contribution in [3.05, 3.63) is 53.2 Å². The van der Waals surface area contributed by atoms with Crippen molar-refractivity contribution in [2.75, 3.05) is 25.1 Å². The average molecular weight is 299 g/mol. The van der Waals surface area contributed by atoms with Crippen LogP contribution in [0.2, 0.25) is 0 Å². The first-order valence-electron chi connectivity index (χ1n) is 7.14. The molecule has 1 heterocycles. The molecule has 2 rings (SSSR count). The highest BCUT2D eigenvalue weighted by molar-refractivity contribution is 5.97. The second-order valence-electron chi connectivity index (χ2n) is 5.33. The van der Waals surface area contributed by atoms with Gasteiger partial charge in [0.15, 0.2) is 0 Å². The summed E-state index contributed by atoms with van der Waals surface area (Å²) in [6, 6.07) is 9.48. The van der Waals surface area contributed by atoms with E-state index in [1.54, 1.807) is 18.3 Å². The molecule has 0 aliphatic rings.